The lowest BCUT2D eigenvalue weighted by molar-refractivity contribution is 0.00728. The van der Waals surface area contributed by atoms with Crippen molar-refractivity contribution in [1.82, 2.24) is 25.0 Å². The zero-order valence-corrected chi connectivity index (χ0v) is 14.8. The molecule has 0 unspecified atom stereocenters. The number of hydrogen-bond donors (Lipinski definition) is 1. The van der Waals surface area contributed by atoms with Crippen LogP contribution in [0.3, 0.4) is 0 Å². The SMILES string of the molecule is C[C@H](N[C@H]1CCCn2ncnc21)[C@@H](c1ccccc1)N1CCOCC1. The van der Waals surface area contributed by atoms with Gasteiger partial charge in [0.15, 0.2) is 0 Å². The Morgan fingerprint density at radius 1 is 1.16 bits per heavy atom. The summed E-state index contributed by atoms with van der Waals surface area (Å²) in [7, 11) is 0. The fraction of sp³-hybridized carbons (Fsp3) is 0.579. The van der Waals surface area contributed by atoms with Crippen molar-refractivity contribution in [3.05, 3.63) is 48.0 Å². The average Bonchev–Trinajstić information content (AvgIpc) is 3.14. The predicted octanol–water partition coefficient (Wildman–Crippen LogP) is 2.16. The fourth-order valence-corrected chi connectivity index (χ4v) is 4.18. The molecule has 1 N–H and O–H groups in total. The van der Waals surface area contributed by atoms with Gasteiger partial charge in [-0.25, -0.2) is 9.67 Å². The first-order chi connectivity index (χ1) is 12.3. The summed E-state index contributed by atoms with van der Waals surface area (Å²) in [4.78, 5) is 7.04. The summed E-state index contributed by atoms with van der Waals surface area (Å²) in [5.74, 6) is 1.08. The van der Waals surface area contributed by atoms with E-state index >= 15 is 0 Å². The van der Waals surface area contributed by atoms with Crippen molar-refractivity contribution in [2.75, 3.05) is 26.3 Å². The highest BCUT2D eigenvalue weighted by molar-refractivity contribution is 5.21. The van der Waals surface area contributed by atoms with E-state index in [1.807, 2.05) is 4.68 Å². The summed E-state index contributed by atoms with van der Waals surface area (Å²) >= 11 is 0. The van der Waals surface area contributed by atoms with Crippen LogP contribution in [-0.4, -0.2) is 52.0 Å². The van der Waals surface area contributed by atoms with Gasteiger partial charge in [-0.15, -0.1) is 0 Å². The van der Waals surface area contributed by atoms with Gasteiger partial charge < -0.3 is 10.1 Å². The van der Waals surface area contributed by atoms with E-state index in [1.165, 1.54) is 5.56 Å². The second-order valence-electron chi connectivity index (χ2n) is 7.00. The third kappa shape index (κ3) is 3.61. The number of fused-ring (bicyclic) bond motifs is 1. The molecule has 2 aromatic rings. The van der Waals surface area contributed by atoms with Crippen LogP contribution < -0.4 is 5.32 Å². The molecule has 6 heteroatoms. The minimum absolute atomic E-state index is 0.276. The molecule has 0 saturated carbocycles. The van der Waals surface area contributed by atoms with Crippen LogP contribution in [0.4, 0.5) is 0 Å². The Morgan fingerprint density at radius 2 is 1.96 bits per heavy atom. The zero-order chi connectivity index (χ0) is 17.1. The molecule has 3 heterocycles. The Labute approximate surface area is 149 Å². The van der Waals surface area contributed by atoms with E-state index in [0.717, 1.165) is 51.5 Å². The van der Waals surface area contributed by atoms with Crippen LogP contribution in [0.1, 0.15) is 43.2 Å². The number of aromatic nitrogens is 3. The summed E-state index contributed by atoms with van der Waals surface area (Å²) in [6.45, 7) is 6.86. The minimum Gasteiger partial charge on any atom is -0.379 e. The summed E-state index contributed by atoms with van der Waals surface area (Å²) in [5, 5.41) is 8.20. The molecule has 1 aromatic heterocycles. The monoisotopic (exact) mass is 341 g/mol. The molecule has 3 atom stereocenters. The number of rotatable bonds is 5. The van der Waals surface area contributed by atoms with E-state index in [-0.39, 0.29) is 6.04 Å². The molecule has 1 fully saturated rings. The van der Waals surface area contributed by atoms with Crippen molar-refractivity contribution in [3.63, 3.8) is 0 Å². The first kappa shape index (κ1) is 16.7. The highest BCUT2D eigenvalue weighted by atomic mass is 16.5. The number of aryl methyl sites for hydroxylation is 1. The fourth-order valence-electron chi connectivity index (χ4n) is 4.18. The molecule has 4 rings (SSSR count). The third-order valence-corrected chi connectivity index (χ3v) is 5.34. The lowest BCUT2D eigenvalue weighted by Crippen LogP contribution is -2.48. The topological polar surface area (TPSA) is 55.2 Å². The van der Waals surface area contributed by atoms with E-state index < -0.39 is 0 Å². The van der Waals surface area contributed by atoms with Gasteiger partial charge in [0.2, 0.25) is 0 Å². The van der Waals surface area contributed by atoms with Gasteiger partial charge in [0.25, 0.3) is 0 Å². The van der Waals surface area contributed by atoms with Crippen LogP contribution in [0.5, 0.6) is 0 Å². The van der Waals surface area contributed by atoms with Crippen molar-refractivity contribution in [3.8, 4) is 0 Å². The van der Waals surface area contributed by atoms with Gasteiger partial charge in [0.05, 0.1) is 25.3 Å². The average molecular weight is 341 g/mol. The maximum absolute atomic E-state index is 5.57. The maximum Gasteiger partial charge on any atom is 0.143 e. The van der Waals surface area contributed by atoms with Gasteiger partial charge in [-0.05, 0) is 25.3 Å². The van der Waals surface area contributed by atoms with Crippen LogP contribution in [0.15, 0.2) is 36.7 Å². The predicted molar refractivity (Wildman–Crippen MR) is 96.2 cm³/mol. The largest absolute Gasteiger partial charge is 0.379 e. The van der Waals surface area contributed by atoms with Gasteiger partial charge >= 0.3 is 0 Å². The highest BCUT2D eigenvalue weighted by Gasteiger charge is 2.31. The Morgan fingerprint density at radius 3 is 2.76 bits per heavy atom. The minimum atomic E-state index is 0.276. The first-order valence-corrected chi connectivity index (χ1v) is 9.33. The van der Waals surface area contributed by atoms with Crippen molar-refractivity contribution in [2.24, 2.45) is 0 Å². The Hall–Kier alpha value is -1.76. The van der Waals surface area contributed by atoms with Gasteiger partial charge in [0, 0.05) is 25.7 Å². The van der Waals surface area contributed by atoms with E-state index in [1.54, 1.807) is 6.33 Å². The van der Waals surface area contributed by atoms with Gasteiger partial charge in [-0.2, -0.15) is 5.10 Å². The number of nitrogens with one attached hydrogen (secondary N) is 1. The molecule has 0 bridgehead atoms. The van der Waals surface area contributed by atoms with E-state index in [4.69, 9.17) is 4.74 Å². The van der Waals surface area contributed by atoms with Crippen molar-refractivity contribution in [2.45, 2.75) is 44.4 Å². The molecule has 2 aliphatic rings. The summed E-state index contributed by atoms with van der Waals surface area (Å²) in [5.41, 5.74) is 1.36. The van der Waals surface area contributed by atoms with Crippen LogP contribution >= 0.6 is 0 Å². The lowest BCUT2D eigenvalue weighted by Gasteiger charge is -2.40. The number of morpholine rings is 1. The molecular weight excluding hydrogens is 314 g/mol. The third-order valence-electron chi connectivity index (χ3n) is 5.34. The summed E-state index contributed by atoms with van der Waals surface area (Å²) in [6, 6.07) is 11.8. The van der Waals surface area contributed by atoms with Crippen molar-refractivity contribution >= 4 is 0 Å². The molecule has 1 saturated heterocycles. The smallest absolute Gasteiger partial charge is 0.143 e. The summed E-state index contributed by atoms with van der Waals surface area (Å²) < 4.78 is 7.61. The van der Waals surface area contributed by atoms with Gasteiger partial charge in [-0.3, -0.25) is 4.90 Å². The van der Waals surface area contributed by atoms with Gasteiger partial charge in [-0.1, -0.05) is 30.3 Å². The van der Waals surface area contributed by atoms with E-state index in [2.05, 4.69) is 57.6 Å². The molecule has 0 radical (unpaired) electrons. The molecule has 0 aliphatic carbocycles. The highest BCUT2D eigenvalue weighted by Crippen LogP contribution is 2.29. The van der Waals surface area contributed by atoms with Gasteiger partial charge in [0.1, 0.15) is 12.2 Å². The first-order valence-electron chi connectivity index (χ1n) is 9.33. The molecule has 6 nitrogen and oxygen atoms in total. The normalized spacial score (nSPS) is 23.8. The Bertz CT molecular complexity index is 667. The standard InChI is InChI=1S/C19H27N5O/c1-15(22-17-8-5-9-24-19(17)20-14-21-24)18(16-6-3-2-4-7-16)23-10-12-25-13-11-23/h2-4,6-7,14-15,17-18,22H,5,8-13H2,1H3/t15-,17-,18-/m0/s1. The second-order valence-corrected chi connectivity index (χ2v) is 7.00. The summed E-state index contributed by atoms with van der Waals surface area (Å²) in [6.07, 6.45) is 3.94. The molecule has 0 amide bonds. The van der Waals surface area contributed by atoms with Crippen molar-refractivity contribution < 1.29 is 4.74 Å². The van der Waals surface area contributed by atoms with E-state index in [0.29, 0.717) is 12.1 Å². The lowest BCUT2D eigenvalue weighted by atomic mass is 9.96. The maximum atomic E-state index is 5.57. The number of ether oxygens (including phenoxy) is 1. The molecule has 1 aromatic carbocycles. The molecule has 134 valence electrons. The van der Waals surface area contributed by atoms with Crippen LogP contribution in [-0.2, 0) is 11.3 Å². The van der Waals surface area contributed by atoms with Crippen LogP contribution in [0.2, 0.25) is 0 Å². The Balaban J connectivity index is 1.55. The quantitative estimate of drug-likeness (QED) is 0.903. The number of nitrogens with zero attached hydrogens (tertiary/aromatic N) is 4. The molecule has 25 heavy (non-hydrogen) atoms. The number of benzene rings is 1. The van der Waals surface area contributed by atoms with Crippen LogP contribution in [0, 0.1) is 0 Å². The zero-order valence-electron chi connectivity index (χ0n) is 14.8. The molecular formula is C19H27N5O. The van der Waals surface area contributed by atoms with Crippen molar-refractivity contribution in [1.29, 1.82) is 0 Å². The Kier molecular flexibility index (Phi) is 5.10. The molecule has 2 aliphatic heterocycles. The molecule has 0 spiro atoms. The van der Waals surface area contributed by atoms with Crippen LogP contribution in [0.25, 0.3) is 0 Å². The van der Waals surface area contributed by atoms with E-state index in [9.17, 15) is 0 Å². The number of hydrogen-bond acceptors (Lipinski definition) is 5. The second kappa shape index (κ2) is 7.64.